The van der Waals surface area contributed by atoms with E-state index in [1.54, 1.807) is 6.07 Å². The van der Waals surface area contributed by atoms with Crippen molar-refractivity contribution in [1.82, 2.24) is 5.32 Å². The number of para-hydroxylation sites is 1. The van der Waals surface area contributed by atoms with Crippen LogP contribution in [0, 0.1) is 0 Å². The number of fused-ring (bicyclic) bond motifs is 3. The number of amides is 1. The first kappa shape index (κ1) is 12.7. The van der Waals surface area contributed by atoms with Gasteiger partial charge < -0.3 is 15.2 Å². The number of hydrogen-bond donors (Lipinski definition) is 2. The lowest BCUT2D eigenvalue weighted by Crippen LogP contribution is -2.28. The Morgan fingerprint density at radius 3 is 2.95 bits per heavy atom. The molecular weight excluding hydrogens is 278 g/mol. The van der Waals surface area contributed by atoms with Crippen LogP contribution in [0.15, 0.2) is 30.3 Å². The number of ether oxygens (including phenoxy) is 1. The zero-order valence-electron chi connectivity index (χ0n) is 10.4. The molecule has 102 valence electrons. The molecule has 0 atom stereocenters. The van der Waals surface area contributed by atoms with Gasteiger partial charge in [-0.05, 0) is 18.2 Å². The summed E-state index contributed by atoms with van der Waals surface area (Å²) in [6, 6.07) is 9.41. The van der Waals surface area contributed by atoms with E-state index in [1.807, 2.05) is 24.3 Å². The maximum atomic E-state index is 11.9. The van der Waals surface area contributed by atoms with Crippen molar-refractivity contribution in [2.24, 2.45) is 0 Å². The second kappa shape index (κ2) is 4.97. The highest BCUT2D eigenvalue weighted by atomic mass is 32.1. The summed E-state index contributed by atoms with van der Waals surface area (Å²) in [6.07, 6.45) is 0. The normalized spacial score (nSPS) is 12.0. The van der Waals surface area contributed by atoms with Crippen LogP contribution in [0.5, 0.6) is 5.75 Å². The molecular formula is C14H11NO4S. The van der Waals surface area contributed by atoms with E-state index in [4.69, 9.17) is 9.84 Å². The van der Waals surface area contributed by atoms with E-state index in [0.717, 1.165) is 21.8 Å². The zero-order valence-corrected chi connectivity index (χ0v) is 11.2. The number of benzene rings is 1. The Balaban J connectivity index is 1.90. The van der Waals surface area contributed by atoms with E-state index in [0.29, 0.717) is 11.5 Å². The first-order valence-electron chi connectivity index (χ1n) is 6.00. The highest BCUT2D eigenvalue weighted by Gasteiger charge is 2.22. The van der Waals surface area contributed by atoms with E-state index in [2.05, 4.69) is 5.32 Å². The van der Waals surface area contributed by atoms with Crippen LogP contribution in [0.25, 0.3) is 10.4 Å². The Bertz CT molecular complexity index is 692. The maximum absolute atomic E-state index is 11.9. The average Bonchev–Trinajstić information content (AvgIpc) is 2.89. The molecule has 0 saturated carbocycles. The molecule has 6 heteroatoms. The number of carboxylic acids is 1. The minimum absolute atomic E-state index is 0.371. The number of aliphatic carboxylic acids is 1. The Morgan fingerprint density at radius 1 is 1.35 bits per heavy atom. The summed E-state index contributed by atoms with van der Waals surface area (Å²) in [4.78, 5) is 23.8. The lowest BCUT2D eigenvalue weighted by atomic mass is 10.1. The van der Waals surface area contributed by atoms with Gasteiger partial charge in [-0.2, -0.15) is 0 Å². The minimum atomic E-state index is -1.06. The quantitative estimate of drug-likeness (QED) is 0.907. The summed E-state index contributed by atoms with van der Waals surface area (Å²) in [5.74, 6) is -0.628. The van der Waals surface area contributed by atoms with Gasteiger partial charge in [0.05, 0.1) is 4.88 Å². The predicted molar refractivity (Wildman–Crippen MR) is 74.1 cm³/mol. The highest BCUT2D eigenvalue weighted by Crippen LogP contribution is 2.42. The Morgan fingerprint density at radius 2 is 2.15 bits per heavy atom. The van der Waals surface area contributed by atoms with Crippen molar-refractivity contribution < 1.29 is 19.4 Å². The van der Waals surface area contributed by atoms with Gasteiger partial charge in [0.15, 0.2) is 0 Å². The van der Waals surface area contributed by atoms with Crippen LogP contribution in [0.4, 0.5) is 0 Å². The molecule has 0 spiro atoms. The van der Waals surface area contributed by atoms with E-state index in [1.165, 1.54) is 11.3 Å². The Labute approximate surface area is 118 Å². The molecule has 1 aromatic carbocycles. The molecule has 1 aliphatic rings. The molecule has 2 heterocycles. The van der Waals surface area contributed by atoms with Gasteiger partial charge >= 0.3 is 5.97 Å². The third-order valence-electron chi connectivity index (χ3n) is 2.95. The molecule has 0 radical (unpaired) electrons. The fraction of sp³-hybridized carbons (Fsp3) is 0.143. The zero-order chi connectivity index (χ0) is 14.1. The molecule has 0 saturated heterocycles. The van der Waals surface area contributed by atoms with Crippen molar-refractivity contribution in [3.05, 3.63) is 40.8 Å². The van der Waals surface area contributed by atoms with Crippen molar-refractivity contribution in [3.63, 3.8) is 0 Å². The molecule has 0 fully saturated rings. The monoisotopic (exact) mass is 289 g/mol. The smallest absolute Gasteiger partial charge is 0.322 e. The fourth-order valence-corrected chi connectivity index (χ4v) is 3.17. The molecule has 2 aromatic rings. The maximum Gasteiger partial charge on any atom is 0.322 e. The lowest BCUT2D eigenvalue weighted by Gasteiger charge is -2.16. The van der Waals surface area contributed by atoms with E-state index >= 15 is 0 Å². The van der Waals surface area contributed by atoms with Crippen LogP contribution in [-0.2, 0) is 11.4 Å². The van der Waals surface area contributed by atoms with E-state index in [-0.39, 0.29) is 12.5 Å². The molecule has 2 N–H and O–H groups in total. The largest absolute Gasteiger partial charge is 0.488 e. The number of nitrogens with one attached hydrogen (secondary N) is 1. The Kier molecular flexibility index (Phi) is 3.15. The molecule has 0 unspecified atom stereocenters. The van der Waals surface area contributed by atoms with Gasteiger partial charge in [-0.25, -0.2) is 0 Å². The molecule has 20 heavy (non-hydrogen) atoms. The number of hydrogen-bond acceptors (Lipinski definition) is 4. The van der Waals surface area contributed by atoms with Crippen molar-refractivity contribution in [1.29, 1.82) is 0 Å². The molecule has 1 aliphatic heterocycles. The number of carboxylic acid groups (broad SMARTS) is 1. The van der Waals surface area contributed by atoms with Crippen LogP contribution >= 0.6 is 11.3 Å². The second-order valence-corrected chi connectivity index (χ2v) is 5.38. The van der Waals surface area contributed by atoms with Gasteiger partial charge in [0.2, 0.25) is 0 Å². The average molecular weight is 289 g/mol. The van der Waals surface area contributed by atoms with Gasteiger partial charge in [-0.3, -0.25) is 9.59 Å². The molecule has 0 bridgehead atoms. The van der Waals surface area contributed by atoms with Crippen LogP contribution in [0.2, 0.25) is 0 Å². The predicted octanol–water partition coefficient (Wildman–Crippen LogP) is 2.12. The topological polar surface area (TPSA) is 75.6 Å². The SMILES string of the molecule is O=C(O)CNC(=O)c1cc2c(s1)-c1ccccc1OC2. The van der Waals surface area contributed by atoms with Crippen LogP contribution in [0.3, 0.4) is 0 Å². The van der Waals surface area contributed by atoms with Gasteiger partial charge in [0, 0.05) is 16.0 Å². The van der Waals surface area contributed by atoms with Crippen molar-refractivity contribution in [2.45, 2.75) is 6.61 Å². The summed E-state index contributed by atoms with van der Waals surface area (Å²) in [5, 5.41) is 10.9. The molecule has 3 rings (SSSR count). The summed E-state index contributed by atoms with van der Waals surface area (Å²) in [6.45, 7) is 0.0452. The van der Waals surface area contributed by atoms with E-state index < -0.39 is 5.97 Å². The standard InChI is InChI=1S/C14H11NO4S/c16-12(17)6-15-14(18)11-5-8-7-19-10-4-2-1-3-9(10)13(8)20-11/h1-5H,6-7H2,(H,15,18)(H,16,17). The Hall–Kier alpha value is -2.34. The van der Waals surface area contributed by atoms with Gasteiger partial charge in [0.1, 0.15) is 18.9 Å². The van der Waals surface area contributed by atoms with Crippen LogP contribution < -0.4 is 10.1 Å². The summed E-state index contributed by atoms with van der Waals surface area (Å²) in [5.41, 5.74) is 1.92. The summed E-state index contributed by atoms with van der Waals surface area (Å²) < 4.78 is 5.62. The van der Waals surface area contributed by atoms with Crippen molar-refractivity contribution in [2.75, 3.05) is 6.54 Å². The molecule has 5 nitrogen and oxygen atoms in total. The third-order valence-corrected chi connectivity index (χ3v) is 4.16. The van der Waals surface area contributed by atoms with Gasteiger partial charge in [0.25, 0.3) is 5.91 Å². The third kappa shape index (κ3) is 2.25. The minimum Gasteiger partial charge on any atom is -0.488 e. The van der Waals surface area contributed by atoms with Gasteiger partial charge in [-0.15, -0.1) is 11.3 Å². The molecule has 1 amide bonds. The lowest BCUT2D eigenvalue weighted by molar-refractivity contribution is -0.135. The van der Waals surface area contributed by atoms with Gasteiger partial charge in [-0.1, -0.05) is 12.1 Å². The molecule has 1 aromatic heterocycles. The fourth-order valence-electron chi connectivity index (χ4n) is 2.05. The second-order valence-electron chi connectivity index (χ2n) is 4.33. The first-order chi connectivity index (χ1) is 9.65. The first-order valence-corrected chi connectivity index (χ1v) is 6.81. The number of carbonyl (C=O) groups is 2. The number of thiophene rings is 1. The summed E-state index contributed by atoms with van der Waals surface area (Å²) >= 11 is 1.35. The number of carbonyl (C=O) groups excluding carboxylic acids is 1. The number of rotatable bonds is 3. The van der Waals surface area contributed by atoms with Crippen molar-refractivity contribution >= 4 is 23.2 Å². The highest BCUT2D eigenvalue weighted by molar-refractivity contribution is 7.17. The van der Waals surface area contributed by atoms with Crippen LogP contribution in [-0.4, -0.2) is 23.5 Å². The molecule has 0 aliphatic carbocycles. The van der Waals surface area contributed by atoms with E-state index in [9.17, 15) is 9.59 Å². The van der Waals surface area contributed by atoms with Crippen LogP contribution in [0.1, 0.15) is 15.2 Å². The van der Waals surface area contributed by atoms with Crippen molar-refractivity contribution in [3.8, 4) is 16.2 Å². The summed E-state index contributed by atoms with van der Waals surface area (Å²) in [7, 11) is 0.